The molecule has 0 aliphatic carbocycles. The van der Waals surface area contributed by atoms with Gasteiger partial charge in [-0.3, -0.25) is 4.79 Å². The third-order valence-electron chi connectivity index (χ3n) is 3.16. The summed E-state index contributed by atoms with van der Waals surface area (Å²) in [6.45, 7) is 1.74. The van der Waals surface area contributed by atoms with Gasteiger partial charge in [-0.25, -0.2) is 8.42 Å². The van der Waals surface area contributed by atoms with Crippen LogP contribution in [0.3, 0.4) is 0 Å². The molecule has 4 nitrogen and oxygen atoms in total. The van der Waals surface area contributed by atoms with Crippen LogP contribution >= 0.6 is 35.0 Å². The maximum atomic E-state index is 12.1. The van der Waals surface area contributed by atoms with E-state index < -0.39 is 15.1 Å². The van der Waals surface area contributed by atoms with Crippen LogP contribution in [-0.4, -0.2) is 37.1 Å². The van der Waals surface area contributed by atoms with Gasteiger partial charge in [0.2, 0.25) is 5.91 Å². The smallest absolute Gasteiger partial charge is 0.233 e. The van der Waals surface area contributed by atoms with E-state index in [1.54, 1.807) is 25.1 Å². The molecule has 1 fully saturated rings. The van der Waals surface area contributed by atoms with Crippen molar-refractivity contribution >= 4 is 50.7 Å². The number of amides is 1. The van der Waals surface area contributed by atoms with Crippen molar-refractivity contribution in [2.75, 3.05) is 11.5 Å². The third kappa shape index (κ3) is 4.52. The fourth-order valence-corrected chi connectivity index (χ4v) is 5.28. The van der Waals surface area contributed by atoms with E-state index >= 15 is 0 Å². The summed E-state index contributed by atoms with van der Waals surface area (Å²) in [6, 6.07) is 4.86. The normalized spacial score (nSPS) is 22.0. The molecule has 0 radical (unpaired) electrons. The van der Waals surface area contributed by atoms with Gasteiger partial charge in [-0.05, 0) is 25.5 Å². The van der Waals surface area contributed by atoms with Crippen molar-refractivity contribution in [1.29, 1.82) is 0 Å². The van der Waals surface area contributed by atoms with Crippen LogP contribution in [0.5, 0.6) is 0 Å². The van der Waals surface area contributed by atoms with Crippen LogP contribution in [-0.2, 0) is 14.6 Å². The molecular weight excluding hydrogens is 353 g/mol. The molecule has 1 N–H and O–H groups in total. The van der Waals surface area contributed by atoms with Crippen molar-refractivity contribution in [2.45, 2.75) is 29.5 Å². The summed E-state index contributed by atoms with van der Waals surface area (Å²) in [5.74, 6) is -0.0585. The molecule has 21 heavy (non-hydrogen) atoms. The maximum absolute atomic E-state index is 12.1. The number of hydrogen-bond acceptors (Lipinski definition) is 4. The number of sulfone groups is 1. The molecule has 116 valence electrons. The molecule has 0 spiro atoms. The van der Waals surface area contributed by atoms with Gasteiger partial charge < -0.3 is 5.32 Å². The topological polar surface area (TPSA) is 63.2 Å². The lowest BCUT2D eigenvalue weighted by Gasteiger charge is -2.16. The third-order valence-corrected chi connectivity index (χ3v) is 7.03. The number of halogens is 2. The van der Waals surface area contributed by atoms with Crippen molar-refractivity contribution in [2.24, 2.45) is 0 Å². The van der Waals surface area contributed by atoms with Crippen molar-refractivity contribution in [3.63, 3.8) is 0 Å². The lowest BCUT2D eigenvalue weighted by Crippen LogP contribution is -2.39. The molecule has 8 heteroatoms. The SMILES string of the molecule is C[C@@H](Sc1c(Cl)cccc1Cl)C(=O)N[C@@H]1CCS(=O)(=O)C1. The average molecular weight is 368 g/mol. The van der Waals surface area contributed by atoms with E-state index in [0.29, 0.717) is 21.4 Å². The summed E-state index contributed by atoms with van der Waals surface area (Å²) in [5.41, 5.74) is 0. The monoisotopic (exact) mass is 367 g/mol. The van der Waals surface area contributed by atoms with Crippen molar-refractivity contribution in [3.8, 4) is 0 Å². The first-order chi connectivity index (χ1) is 9.78. The lowest BCUT2D eigenvalue weighted by atomic mass is 10.2. The van der Waals surface area contributed by atoms with Gasteiger partial charge in [0.1, 0.15) is 0 Å². The molecule has 0 aromatic heterocycles. The Kier molecular flexibility index (Phi) is 5.46. The minimum Gasteiger partial charge on any atom is -0.351 e. The zero-order valence-electron chi connectivity index (χ0n) is 11.3. The summed E-state index contributed by atoms with van der Waals surface area (Å²) in [4.78, 5) is 12.8. The summed E-state index contributed by atoms with van der Waals surface area (Å²) >= 11 is 13.4. The van der Waals surface area contributed by atoms with Crippen molar-refractivity contribution < 1.29 is 13.2 Å². The largest absolute Gasteiger partial charge is 0.351 e. The molecule has 0 unspecified atom stereocenters. The Morgan fingerprint density at radius 3 is 2.52 bits per heavy atom. The maximum Gasteiger partial charge on any atom is 0.233 e. The fraction of sp³-hybridized carbons (Fsp3) is 0.462. The van der Waals surface area contributed by atoms with Gasteiger partial charge in [-0.15, -0.1) is 11.8 Å². The van der Waals surface area contributed by atoms with Crippen LogP contribution < -0.4 is 5.32 Å². The van der Waals surface area contributed by atoms with Crippen LogP contribution in [0.15, 0.2) is 23.1 Å². The highest BCUT2D eigenvalue weighted by atomic mass is 35.5. The summed E-state index contributed by atoms with van der Waals surface area (Å²) < 4.78 is 22.8. The molecule has 1 aliphatic heterocycles. The van der Waals surface area contributed by atoms with E-state index in [1.165, 1.54) is 11.8 Å². The Balaban J connectivity index is 1.97. The highest BCUT2D eigenvalue weighted by Gasteiger charge is 2.30. The number of nitrogens with one attached hydrogen (secondary N) is 1. The zero-order valence-corrected chi connectivity index (χ0v) is 14.5. The van der Waals surface area contributed by atoms with E-state index in [-0.39, 0.29) is 23.5 Å². The van der Waals surface area contributed by atoms with Gasteiger partial charge >= 0.3 is 0 Å². The second-order valence-corrected chi connectivity index (χ2v) is 9.31. The summed E-state index contributed by atoms with van der Waals surface area (Å²) in [5, 5.41) is 3.35. The molecule has 1 aliphatic rings. The number of carbonyl (C=O) groups excluding carboxylic acids is 1. The first-order valence-corrected chi connectivity index (χ1v) is 9.85. The number of thioether (sulfide) groups is 1. The van der Waals surface area contributed by atoms with Gasteiger partial charge in [0, 0.05) is 10.9 Å². The zero-order chi connectivity index (χ0) is 15.6. The number of hydrogen-bond donors (Lipinski definition) is 1. The van der Waals surface area contributed by atoms with Gasteiger partial charge in [0.15, 0.2) is 9.84 Å². The van der Waals surface area contributed by atoms with E-state index in [1.807, 2.05) is 0 Å². The summed E-state index contributed by atoms with van der Waals surface area (Å²) in [6.07, 6.45) is 0.471. The van der Waals surface area contributed by atoms with E-state index in [4.69, 9.17) is 23.2 Å². The molecule has 0 bridgehead atoms. The Bertz CT molecular complexity index is 629. The molecule has 2 atom stereocenters. The van der Waals surface area contributed by atoms with E-state index in [2.05, 4.69) is 5.32 Å². The molecule has 0 saturated carbocycles. The first-order valence-electron chi connectivity index (χ1n) is 6.40. The Labute approximate surface area is 138 Å². The Hall–Kier alpha value is -0.430. The van der Waals surface area contributed by atoms with Gasteiger partial charge in [-0.2, -0.15) is 0 Å². The van der Waals surface area contributed by atoms with Crippen LogP contribution in [0, 0.1) is 0 Å². The second-order valence-electron chi connectivity index (χ2n) is 4.92. The first kappa shape index (κ1) is 16.9. The predicted molar refractivity (Wildman–Crippen MR) is 87.0 cm³/mol. The van der Waals surface area contributed by atoms with Crippen molar-refractivity contribution in [3.05, 3.63) is 28.2 Å². The highest BCUT2D eigenvalue weighted by molar-refractivity contribution is 8.00. The van der Waals surface area contributed by atoms with Crippen LogP contribution in [0.1, 0.15) is 13.3 Å². The molecule has 1 aromatic rings. The average Bonchev–Trinajstić information content (AvgIpc) is 2.73. The molecule has 1 heterocycles. The molecule has 2 rings (SSSR count). The minimum atomic E-state index is -3.00. The van der Waals surface area contributed by atoms with Gasteiger partial charge in [-0.1, -0.05) is 29.3 Å². The van der Waals surface area contributed by atoms with Crippen molar-refractivity contribution in [1.82, 2.24) is 5.32 Å². The molecular formula is C13H15Cl2NO3S2. The standard InChI is InChI=1S/C13H15Cl2NO3S2/c1-8(20-12-10(14)3-2-4-11(12)15)13(17)16-9-5-6-21(18,19)7-9/h2-4,8-9H,5-7H2,1H3,(H,16,17)/t8-,9-/m1/s1. The van der Waals surface area contributed by atoms with Crippen LogP contribution in [0.2, 0.25) is 10.0 Å². The quantitative estimate of drug-likeness (QED) is 0.831. The van der Waals surface area contributed by atoms with Gasteiger partial charge in [0.25, 0.3) is 0 Å². The van der Waals surface area contributed by atoms with E-state index in [9.17, 15) is 13.2 Å². The van der Waals surface area contributed by atoms with Crippen LogP contribution in [0.25, 0.3) is 0 Å². The van der Waals surface area contributed by atoms with Gasteiger partial charge in [0.05, 0.1) is 26.8 Å². The highest BCUT2D eigenvalue weighted by Crippen LogP contribution is 2.36. The molecule has 1 saturated heterocycles. The number of carbonyl (C=O) groups is 1. The number of benzene rings is 1. The molecule has 1 amide bonds. The minimum absolute atomic E-state index is 0.0168. The number of rotatable bonds is 4. The Morgan fingerprint density at radius 2 is 2.00 bits per heavy atom. The lowest BCUT2D eigenvalue weighted by molar-refractivity contribution is -0.120. The molecule has 1 aromatic carbocycles. The Morgan fingerprint density at radius 1 is 1.38 bits per heavy atom. The predicted octanol–water partition coefficient (Wildman–Crippen LogP) is 2.78. The van der Waals surface area contributed by atoms with Crippen LogP contribution in [0.4, 0.5) is 0 Å². The second kappa shape index (κ2) is 6.77. The fourth-order valence-electron chi connectivity index (χ4n) is 2.05. The van der Waals surface area contributed by atoms with E-state index in [0.717, 1.165) is 0 Å². The summed E-state index contributed by atoms with van der Waals surface area (Å²) in [7, 11) is -3.00.